The predicted octanol–water partition coefficient (Wildman–Crippen LogP) is 3.22. The van der Waals surface area contributed by atoms with Gasteiger partial charge in [-0.15, -0.1) is 0 Å². The van der Waals surface area contributed by atoms with Crippen molar-refractivity contribution in [3.05, 3.63) is 100 Å². The molecule has 6 nitrogen and oxygen atoms in total. The first-order valence-electron chi connectivity index (χ1n) is 11.7. The summed E-state index contributed by atoms with van der Waals surface area (Å²) in [5, 5.41) is 32.8. The molecule has 4 N–H and O–H groups in total. The fraction of sp³-hybridized carbons (Fsp3) is 0.321. The second-order valence-electron chi connectivity index (χ2n) is 9.09. The van der Waals surface area contributed by atoms with E-state index in [9.17, 15) is 20.1 Å². The van der Waals surface area contributed by atoms with E-state index < -0.39 is 6.10 Å². The number of carbonyl (C=O) groups is 1. The molecule has 4 rings (SSSR count). The molecule has 0 spiro atoms. The molecule has 2 atom stereocenters. The van der Waals surface area contributed by atoms with E-state index in [0.717, 1.165) is 17.5 Å². The van der Waals surface area contributed by atoms with Gasteiger partial charge in [0.15, 0.2) is 0 Å². The Labute approximate surface area is 200 Å². The van der Waals surface area contributed by atoms with Crippen molar-refractivity contribution in [1.29, 1.82) is 0 Å². The average Bonchev–Trinajstić information content (AvgIpc) is 3.28. The lowest BCUT2D eigenvalue weighted by atomic mass is 10.0. The summed E-state index contributed by atoms with van der Waals surface area (Å²) in [4.78, 5) is 14.8. The van der Waals surface area contributed by atoms with E-state index in [2.05, 4.69) is 36.5 Å². The zero-order chi connectivity index (χ0) is 24.1. The molecule has 0 saturated carbocycles. The van der Waals surface area contributed by atoms with Crippen molar-refractivity contribution in [3.8, 4) is 5.75 Å². The van der Waals surface area contributed by atoms with Crippen LogP contribution in [0, 0.1) is 0 Å². The number of rotatable bonds is 9. The summed E-state index contributed by atoms with van der Waals surface area (Å²) in [6.45, 7) is 3.49. The first-order valence-corrected chi connectivity index (χ1v) is 11.7. The van der Waals surface area contributed by atoms with Crippen LogP contribution in [0.15, 0.2) is 66.7 Å². The fourth-order valence-electron chi connectivity index (χ4n) is 4.46. The monoisotopic (exact) mass is 460 g/mol. The normalized spacial score (nSPS) is 14.6. The van der Waals surface area contributed by atoms with Crippen molar-refractivity contribution in [2.24, 2.45) is 0 Å². The van der Waals surface area contributed by atoms with Crippen LogP contribution < -0.4 is 5.32 Å². The molecule has 0 aromatic heterocycles. The van der Waals surface area contributed by atoms with Crippen LogP contribution in [0.25, 0.3) is 0 Å². The summed E-state index contributed by atoms with van der Waals surface area (Å²) in [5.41, 5.74) is 5.64. The van der Waals surface area contributed by atoms with Gasteiger partial charge < -0.3 is 25.5 Å². The Morgan fingerprint density at radius 2 is 1.71 bits per heavy atom. The number of nitrogens with zero attached hydrogens (tertiary/aromatic N) is 1. The van der Waals surface area contributed by atoms with Crippen LogP contribution in [-0.4, -0.2) is 38.7 Å². The van der Waals surface area contributed by atoms with Gasteiger partial charge in [-0.05, 0) is 53.3 Å². The Hall–Kier alpha value is -3.19. The predicted molar refractivity (Wildman–Crippen MR) is 131 cm³/mol. The quantitative estimate of drug-likeness (QED) is 0.394. The van der Waals surface area contributed by atoms with Gasteiger partial charge in [0, 0.05) is 31.2 Å². The van der Waals surface area contributed by atoms with Gasteiger partial charge in [-0.3, -0.25) is 4.79 Å². The highest BCUT2D eigenvalue weighted by Crippen LogP contribution is 2.24. The smallest absolute Gasteiger partial charge is 0.227 e. The number of hydrogen-bond donors (Lipinski definition) is 4. The largest absolute Gasteiger partial charge is 0.508 e. The second kappa shape index (κ2) is 10.8. The topological polar surface area (TPSA) is 93.0 Å². The van der Waals surface area contributed by atoms with Crippen molar-refractivity contribution in [1.82, 2.24) is 10.2 Å². The van der Waals surface area contributed by atoms with Gasteiger partial charge >= 0.3 is 0 Å². The van der Waals surface area contributed by atoms with Crippen LogP contribution >= 0.6 is 0 Å². The zero-order valence-electron chi connectivity index (χ0n) is 19.4. The molecule has 1 aliphatic heterocycles. The van der Waals surface area contributed by atoms with Crippen LogP contribution in [0.4, 0.5) is 0 Å². The van der Waals surface area contributed by atoms with Crippen LogP contribution in [0.1, 0.15) is 46.4 Å². The molecule has 6 heteroatoms. The van der Waals surface area contributed by atoms with E-state index in [4.69, 9.17) is 0 Å². The van der Waals surface area contributed by atoms with Crippen LogP contribution in [0.2, 0.25) is 0 Å². The van der Waals surface area contributed by atoms with E-state index in [1.165, 1.54) is 17.2 Å². The van der Waals surface area contributed by atoms with Crippen LogP contribution in [0.3, 0.4) is 0 Å². The number of aliphatic hydroxyl groups excluding tert-OH is 2. The van der Waals surface area contributed by atoms with Gasteiger partial charge in [-0.2, -0.15) is 0 Å². The third-order valence-electron chi connectivity index (χ3n) is 6.40. The number of hydrogen-bond acceptors (Lipinski definition) is 5. The number of phenols is 1. The number of amides is 1. The van der Waals surface area contributed by atoms with Crippen molar-refractivity contribution >= 4 is 5.91 Å². The average molecular weight is 461 g/mol. The second-order valence-corrected chi connectivity index (χ2v) is 9.09. The molecule has 0 bridgehead atoms. The highest BCUT2D eigenvalue weighted by atomic mass is 16.3. The molecule has 3 aromatic carbocycles. The Kier molecular flexibility index (Phi) is 7.63. The maximum atomic E-state index is 12.9. The number of nitrogens with one attached hydrogen (secondary N) is 1. The summed E-state index contributed by atoms with van der Waals surface area (Å²) in [7, 11) is 0. The van der Waals surface area contributed by atoms with E-state index in [1.54, 1.807) is 12.1 Å². The Balaban J connectivity index is 1.28. The van der Waals surface area contributed by atoms with Gasteiger partial charge in [-0.1, -0.05) is 54.6 Å². The fourth-order valence-corrected chi connectivity index (χ4v) is 4.46. The molecule has 3 aromatic rings. The van der Waals surface area contributed by atoms with Crippen molar-refractivity contribution in [2.45, 2.75) is 51.6 Å². The molecule has 1 amide bonds. The Morgan fingerprint density at radius 1 is 1.00 bits per heavy atom. The molecular weight excluding hydrogens is 428 g/mol. The number of fused-ring (bicyclic) bond motifs is 1. The number of aromatic hydroxyl groups is 1. The SMILES string of the molecule is C[C@H](Cc1cccc(CC(=O)N2Cc3ccccc3C2)c1)NC[C@H](O)c1ccc(O)c(CO)c1. The van der Waals surface area contributed by atoms with E-state index in [1.807, 2.05) is 29.2 Å². The summed E-state index contributed by atoms with van der Waals surface area (Å²) in [5.74, 6) is 0.159. The molecule has 1 aliphatic rings. The molecule has 0 radical (unpaired) electrons. The number of benzene rings is 3. The van der Waals surface area contributed by atoms with Crippen LogP contribution in [-0.2, 0) is 37.3 Å². The van der Waals surface area contributed by atoms with Crippen LogP contribution in [0.5, 0.6) is 5.75 Å². The molecule has 0 fully saturated rings. The third-order valence-corrected chi connectivity index (χ3v) is 6.40. The van der Waals surface area contributed by atoms with Gasteiger partial charge in [0.05, 0.1) is 19.1 Å². The van der Waals surface area contributed by atoms with Crippen molar-refractivity contribution < 1.29 is 20.1 Å². The third kappa shape index (κ3) is 5.83. The highest BCUT2D eigenvalue weighted by Gasteiger charge is 2.22. The minimum Gasteiger partial charge on any atom is -0.508 e. The van der Waals surface area contributed by atoms with Gasteiger partial charge in [-0.25, -0.2) is 0 Å². The molecule has 0 unspecified atom stereocenters. The summed E-state index contributed by atoms with van der Waals surface area (Å²) < 4.78 is 0. The maximum Gasteiger partial charge on any atom is 0.227 e. The lowest BCUT2D eigenvalue weighted by Crippen LogP contribution is -2.32. The molecule has 1 heterocycles. The minimum absolute atomic E-state index is 0.0207. The van der Waals surface area contributed by atoms with Gasteiger partial charge in [0.2, 0.25) is 5.91 Å². The Morgan fingerprint density at radius 3 is 2.41 bits per heavy atom. The first kappa shape index (κ1) is 24.0. The van der Waals surface area contributed by atoms with Crippen molar-refractivity contribution in [3.63, 3.8) is 0 Å². The summed E-state index contributed by atoms with van der Waals surface area (Å²) in [6.07, 6.45) is 0.402. The molecule has 0 saturated heterocycles. The maximum absolute atomic E-state index is 12.9. The molecular formula is C28H32N2O4. The highest BCUT2D eigenvalue weighted by molar-refractivity contribution is 5.79. The van der Waals surface area contributed by atoms with E-state index >= 15 is 0 Å². The van der Waals surface area contributed by atoms with E-state index in [0.29, 0.717) is 37.2 Å². The first-order chi connectivity index (χ1) is 16.4. The summed E-state index contributed by atoms with van der Waals surface area (Å²) in [6, 6.07) is 21.2. The molecule has 0 aliphatic carbocycles. The zero-order valence-corrected chi connectivity index (χ0v) is 19.4. The summed E-state index contributed by atoms with van der Waals surface area (Å²) >= 11 is 0. The molecule has 34 heavy (non-hydrogen) atoms. The number of carbonyl (C=O) groups excluding carboxylic acids is 1. The minimum atomic E-state index is -0.748. The Bertz CT molecular complexity index is 1120. The van der Waals surface area contributed by atoms with Gasteiger partial charge in [0.25, 0.3) is 0 Å². The van der Waals surface area contributed by atoms with E-state index in [-0.39, 0.29) is 24.3 Å². The standard InChI is InChI=1S/C28H32N2O4/c1-19(29-15-27(33)22-9-10-26(32)25(14-22)18-31)11-20-5-4-6-21(12-20)13-28(34)30-16-23-7-2-3-8-24(23)17-30/h2-10,12,14,19,27,29,31-33H,11,13,15-18H2,1H3/t19-,27+/m1/s1. The van der Waals surface area contributed by atoms with Crippen molar-refractivity contribution in [2.75, 3.05) is 6.54 Å². The molecule has 178 valence electrons. The lowest BCUT2D eigenvalue weighted by Gasteiger charge is -2.19. The lowest BCUT2D eigenvalue weighted by molar-refractivity contribution is -0.131. The van der Waals surface area contributed by atoms with Gasteiger partial charge in [0.1, 0.15) is 5.75 Å². The number of aliphatic hydroxyl groups is 2.